The first-order valence-electron chi connectivity index (χ1n) is 6.94. The monoisotopic (exact) mass is 341 g/mol. The SMILES string of the molecule is C[C@@H](NS(=O)(=O)Cc1ccccc1)c1ccc(OC(F)F)cc1. The molecule has 1 N–H and O–H groups in total. The van der Waals surface area contributed by atoms with E-state index in [1.54, 1.807) is 43.3 Å². The van der Waals surface area contributed by atoms with Crippen LogP contribution in [0.1, 0.15) is 24.1 Å². The van der Waals surface area contributed by atoms with Gasteiger partial charge in [0, 0.05) is 6.04 Å². The number of alkyl halides is 2. The Hall–Kier alpha value is -1.99. The van der Waals surface area contributed by atoms with E-state index in [1.807, 2.05) is 6.07 Å². The Balaban J connectivity index is 2.01. The number of hydrogen-bond acceptors (Lipinski definition) is 3. The molecule has 0 fully saturated rings. The molecule has 0 amide bonds. The van der Waals surface area contributed by atoms with Crippen molar-refractivity contribution in [1.29, 1.82) is 0 Å². The second-order valence-corrected chi connectivity index (χ2v) is 6.79. The van der Waals surface area contributed by atoms with Crippen molar-refractivity contribution in [2.24, 2.45) is 0 Å². The van der Waals surface area contributed by atoms with Gasteiger partial charge in [-0.3, -0.25) is 0 Å². The Morgan fingerprint density at radius 1 is 1.04 bits per heavy atom. The van der Waals surface area contributed by atoms with E-state index in [-0.39, 0.29) is 11.5 Å². The summed E-state index contributed by atoms with van der Waals surface area (Å²) in [4.78, 5) is 0. The Morgan fingerprint density at radius 3 is 2.22 bits per heavy atom. The zero-order valence-electron chi connectivity index (χ0n) is 12.4. The molecule has 0 unspecified atom stereocenters. The van der Waals surface area contributed by atoms with Crippen LogP contribution in [-0.2, 0) is 15.8 Å². The summed E-state index contributed by atoms with van der Waals surface area (Å²) in [7, 11) is -3.51. The molecule has 0 spiro atoms. The Bertz CT molecular complexity index is 719. The number of nitrogens with one attached hydrogen (secondary N) is 1. The molecule has 0 saturated carbocycles. The van der Waals surface area contributed by atoms with Crippen LogP contribution < -0.4 is 9.46 Å². The third-order valence-electron chi connectivity index (χ3n) is 3.16. The number of halogens is 2. The number of sulfonamides is 1. The lowest BCUT2D eigenvalue weighted by atomic mass is 10.1. The second kappa shape index (κ2) is 7.52. The van der Waals surface area contributed by atoms with Gasteiger partial charge in [0.05, 0.1) is 5.75 Å². The minimum absolute atomic E-state index is 0.0306. The summed E-state index contributed by atoms with van der Waals surface area (Å²) >= 11 is 0. The van der Waals surface area contributed by atoms with Crippen molar-refractivity contribution in [3.8, 4) is 5.75 Å². The van der Waals surface area contributed by atoms with Crippen LogP contribution in [0.5, 0.6) is 5.75 Å². The first kappa shape index (κ1) is 17.4. The number of rotatable bonds is 7. The summed E-state index contributed by atoms with van der Waals surface area (Å²) in [6.07, 6.45) is 0. The van der Waals surface area contributed by atoms with Crippen molar-refractivity contribution in [2.45, 2.75) is 25.3 Å². The van der Waals surface area contributed by atoms with E-state index in [0.717, 1.165) is 0 Å². The van der Waals surface area contributed by atoms with E-state index >= 15 is 0 Å². The summed E-state index contributed by atoms with van der Waals surface area (Å²) in [5, 5.41) is 0. The molecule has 0 heterocycles. The Morgan fingerprint density at radius 2 is 1.65 bits per heavy atom. The first-order chi connectivity index (χ1) is 10.9. The molecular weight excluding hydrogens is 324 g/mol. The maximum Gasteiger partial charge on any atom is 0.387 e. The highest BCUT2D eigenvalue weighted by atomic mass is 32.2. The molecule has 23 heavy (non-hydrogen) atoms. The molecule has 0 bridgehead atoms. The summed E-state index contributed by atoms with van der Waals surface area (Å²) in [5.74, 6) is -0.0896. The molecule has 0 saturated heterocycles. The maximum atomic E-state index is 12.2. The molecule has 2 aromatic carbocycles. The normalized spacial score (nSPS) is 13.0. The van der Waals surface area contributed by atoms with Gasteiger partial charge in [-0.2, -0.15) is 8.78 Å². The summed E-state index contributed by atoms with van der Waals surface area (Å²) < 4.78 is 55.3. The van der Waals surface area contributed by atoms with E-state index in [1.165, 1.54) is 12.1 Å². The fourth-order valence-corrected chi connectivity index (χ4v) is 3.50. The van der Waals surface area contributed by atoms with Gasteiger partial charge in [-0.25, -0.2) is 13.1 Å². The zero-order valence-corrected chi connectivity index (χ0v) is 13.3. The van der Waals surface area contributed by atoms with Gasteiger partial charge in [-0.05, 0) is 30.2 Å². The fraction of sp³-hybridized carbons (Fsp3) is 0.250. The second-order valence-electron chi connectivity index (χ2n) is 5.03. The van der Waals surface area contributed by atoms with E-state index in [4.69, 9.17) is 0 Å². The lowest BCUT2D eigenvalue weighted by Crippen LogP contribution is -2.28. The average Bonchev–Trinajstić information content (AvgIpc) is 2.47. The zero-order chi connectivity index (χ0) is 16.9. The number of benzene rings is 2. The molecule has 2 rings (SSSR count). The summed E-state index contributed by atoms with van der Waals surface area (Å²) in [5.41, 5.74) is 1.34. The highest BCUT2D eigenvalue weighted by Crippen LogP contribution is 2.20. The van der Waals surface area contributed by atoms with Crippen molar-refractivity contribution < 1.29 is 21.9 Å². The largest absolute Gasteiger partial charge is 0.435 e. The molecular formula is C16H17F2NO3S. The Labute approximate surface area is 134 Å². The van der Waals surface area contributed by atoms with E-state index in [9.17, 15) is 17.2 Å². The van der Waals surface area contributed by atoms with Crippen molar-refractivity contribution >= 4 is 10.0 Å². The summed E-state index contributed by atoms with van der Waals surface area (Å²) in [6, 6.07) is 14.2. The highest BCUT2D eigenvalue weighted by Gasteiger charge is 2.16. The minimum Gasteiger partial charge on any atom is -0.435 e. The average molecular weight is 341 g/mol. The summed E-state index contributed by atoms with van der Waals surface area (Å²) in [6.45, 7) is -1.20. The van der Waals surface area contributed by atoms with Crippen molar-refractivity contribution in [2.75, 3.05) is 0 Å². The third-order valence-corrected chi connectivity index (χ3v) is 4.59. The van der Waals surface area contributed by atoms with Gasteiger partial charge in [0.2, 0.25) is 10.0 Å². The smallest absolute Gasteiger partial charge is 0.387 e. The van der Waals surface area contributed by atoms with Gasteiger partial charge in [0.15, 0.2) is 0 Å². The molecule has 1 atom stereocenters. The van der Waals surface area contributed by atoms with E-state index < -0.39 is 22.7 Å². The van der Waals surface area contributed by atoms with Crippen molar-refractivity contribution in [3.05, 3.63) is 65.7 Å². The third kappa shape index (κ3) is 5.61. The van der Waals surface area contributed by atoms with Crippen LogP contribution >= 0.6 is 0 Å². The van der Waals surface area contributed by atoms with Gasteiger partial charge < -0.3 is 4.74 Å². The minimum atomic E-state index is -3.51. The molecule has 2 aromatic rings. The predicted molar refractivity (Wildman–Crippen MR) is 83.7 cm³/mol. The molecule has 4 nitrogen and oxygen atoms in total. The molecule has 0 aliphatic heterocycles. The highest BCUT2D eigenvalue weighted by molar-refractivity contribution is 7.88. The van der Waals surface area contributed by atoms with Gasteiger partial charge in [-0.1, -0.05) is 42.5 Å². The van der Waals surface area contributed by atoms with Crippen LogP contribution in [0, 0.1) is 0 Å². The first-order valence-corrected chi connectivity index (χ1v) is 8.59. The van der Waals surface area contributed by atoms with E-state index in [2.05, 4.69) is 9.46 Å². The van der Waals surface area contributed by atoms with Crippen molar-refractivity contribution in [1.82, 2.24) is 4.72 Å². The molecule has 7 heteroatoms. The molecule has 124 valence electrons. The molecule has 0 aliphatic carbocycles. The maximum absolute atomic E-state index is 12.2. The van der Waals surface area contributed by atoms with Crippen LogP contribution in [0.15, 0.2) is 54.6 Å². The van der Waals surface area contributed by atoms with Gasteiger partial charge in [0.25, 0.3) is 0 Å². The number of ether oxygens (including phenoxy) is 1. The molecule has 0 aromatic heterocycles. The standard InChI is InChI=1S/C16H17F2NO3S/c1-12(14-7-9-15(10-8-14)22-16(17)18)19-23(20,21)11-13-5-3-2-4-6-13/h2-10,12,16,19H,11H2,1H3/t12-/m1/s1. The topological polar surface area (TPSA) is 55.4 Å². The molecule has 0 aliphatic rings. The van der Waals surface area contributed by atoms with Crippen LogP contribution in [0.4, 0.5) is 8.78 Å². The van der Waals surface area contributed by atoms with Gasteiger partial charge in [-0.15, -0.1) is 0 Å². The van der Waals surface area contributed by atoms with Crippen LogP contribution in [0.25, 0.3) is 0 Å². The van der Waals surface area contributed by atoms with Crippen LogP contribution in [0.3, 0.4) is 0 Å². The van der Waals surface area contributed by atoms with Gasteiger partial charge in [0.1, 0.15) is 5.75 Å². The predicted octanol–water partition coefficient (Wildman–Crippen LogP) is 3.47. The van der Waals surface area contributed by atoms with Crippen LogP contribution in [-0.4, -0.2) is 15.0 Å². The van der Waals surface area contributed by atoms with Gasteiger partial charge >= 0.3 is 6.61 Å². The quantitative estimate of drug-likeness (QED) is 0.839. The van der Waals surface area contributed by atoms with E-state index in [0.29, 0.717) is 11.1 Å². The lowest BCUT2D eigenvalue weighted by Gasteiger charge is -2.15. The lowest BCUT2D eigenvalue weighted by molar-refractivity contribution is -0.0498. The Kier molecular flexibility index (Phi) is 5.68. The van der Waals surface area contributed by atoms with Crippen LogP contribution in [0.2, 0.25) is 0 Å². The molecule has 0 radical (unpaired) electrons. The number of hydrogen-bond donors (Lipinski definition) is 1. The fourth-order valence-electron chi connectivity index (χ4n) is 2.11. The van der Waals surface area contributed by atoms with Crippen molar-refractivity contribution in [3.63, 3.8) is 0 Å².